The third kappa shape index (κ3) is 4.60. The van der Waals surface area contributed by atoms with Crippen LogP contribution in [0.25, 0.3) is 10.7 Å². The van der Waals surface area contributed by atoms with Crippen molar-refractivity contribution < 1.29 is 9.59 Å². The van der Waals surface area contributed by atoms with Gasteiger partial charge in [-0.1, -0.05) is 30.7 Å². The molecule has 2 aromatic heterocycles. The highest BCUT2D eigenvalue weighted by atomic mass is 32.2. The molecule has 1 aliphatic rings. The number of aromatic nitrogens is 3. The first-order valence-electron chi connectivity index (χ1n) is 8.37. The fourth-order valence-corrected chi connectivity index (χ4v) is 4.37. The van der Waals surface area contributed by atoms with E-state index in [9.17, 15) is 9.59 Å². The Morgan fingerprint density at radius 2 is 2.16 bits per heavy atom. The highest BCUT2D eigenvalue weighted by Crippen LogP contribution is 2.27. The summed E-state index contributed by atoms with van der Waals surface area (Å²) in [5.74, 6) is 0.601. The highest BCUT2D eigenvalue weighted by molar-refractivity contribution is 7.99. The second-order valence-corrected chi connectivity index (χ2v) is 7.71. The number of urea groups is 1. The van der Waals surface area contributed by atoms with Crippen molar-refractivity contribution in [3.05, 3.63) is 17.5 Å². The third-order valence-corrected chi connectivity index (χ3v) is 5.88. The van der Waals surface area contributed by atoms with E-state index in [1.54, 1.807) is 11.3 Å². The number of nitrogens with zero attached hydrogens (tertiary/aromatic N) is 3. The first-order chi connectivity index (χ1) is 12.2. The number of thioether (sulfide) groups is 1. The Balaban J connectivity index is 1.52. The number of carbonyl (C=O) groups excluding carboxylic acids is 2. The molecule has 0 bridgehead atoms. The van der Waals surface area contributed by atoms with Gasteiger partial charge in [0.25, 0.3) is 0 Å². The number of thiophene rings is 1. The summed E-state index contributed by atoms with van der Waals surface area (Å²) in [6, 6.07) is 3.75. The van der Waals surface area contributed by atoms with Crippen molar-refractivity contribution in [3.63, 3.8) is 0 Å². The molecule has 134 valence electrons. The van der Waals surface area contributed by atoms with Gasteiger partial charge in [0.1, 0.15) is 0 Å². The Kier molecular flexibility index (Phi) is 6.09. The van der Waals surface area contributed by atoms with Gasteiger partial charge in [-0.25, -0.2) is 4.79 Å². The monoisotopic (exact) mass is 379 g/mol. The lowest BCUT2D eigenvalue weighted by molar-refractivity contribution is -0.117. The third-order valence-electron chi connectivity index (χ3n) is 4.05. The van der Waals surface area contributed by atoms with Crippen LogP contribution in [-0.2, 0) is 11.3 Å². The van der Waals surface area contributed by atoms with Crippen molar-refractivity contribution in [2.24, 2.45) is 0 Å². The Morgan fingerprint density at radius 1 is 1.36 bits per heavy atom. The summed E-state index contributed by atoms with van der Waals surface area (Å²) in [4.78, 5) is 24.8. The van der Waals surface area contributed by atoms with Crippen LogP contribution in [0, 0.1) is 0 Å². The van der Waals surface area contributed by atoms with Gasteiger partial charge in [-0.2, -0.15) is 0 Å². The fraction of sp³-hybridized carbons (Fsp3) is 0.500. The molecule has 2 aromatic rings. The minimum atomic E-state index is -0.409. The number of nitrogens with one attached hydrogen (secondary N) is 2. The van der Waals surface area contributed by atoms with Crippen LogP contribution in [0.2, 0.25) is 0 Å². The molecular weight excluding hydrogens is 358 g/mol. The molecule has 0 atom stereocenters. The maximum Gasteiger partial charge on any atom is 0.321 e. The van der Waals surface area contributed by atoms with E-state index in [-0.39, 0.29) is 17.7 Å². The molecule has 25 heavy (non-hydrogen) atoms. The number of amides is 3. The van der Waals surface area contributed by atoms with Crippen molar-refractivity contribution in [1.82, 2.24) is 25.4 Å². The molecule has 1 aliphatic carbocycles. The number of rotatable bonds is 6. The topological polar surface area (TPSA) is 88.9 Å². The number of hydrogen-bond donors (Lipinski definition) is 2. The average molecular weight is 380 g/mol. The van der Waals surface area contributed by atoms with Crippen molar-refractivity contribution in [3.8, 4) is 10.7 Å². The van der Waals surface area contributed by atoms with Gasteiger partial charge in [-0.15, -0.1) is 21.5 Å². The van der Waals surface area contributed by atoms with Crippen molar-refractivity contribution >= 4 is 35.0 Å². The molecule has 1 saturated carbocycles. The minimum absolute atomic E-state index is 0.126. The van der Waals surface area contributed by atoms with Crippen LogP contribution >= 0.6 is 23.1 Å². The van der Waals surface area contributed by atoms with Crippen molar-refractivity contribution in [2.45, 2.75) is 50.4 Å². The number of hydrogen-bond acceptors (Lipinski definition) is 6. The number of carbonyl (C=O) groups is 2. The molecule has 0 aromatic carbocycles. The molecule has 3 rings (SSSR count). The molecule has 9 heteroatoms. The van der Waals surface area contributed by atoms with E-state index < -0.39 is 6.03 Å². The smallest absolute Gasteiger partial charge is 0.321 e. The molecular formula is C16H21N5O2S2. The molecule has 2 heterocycles. The van der Waals surface area contributed by atoms with E-state index in [0.29, 0.717) is 11.7 Å². The average Bonchev–Trinajstić information content (AvgIpc) is 3.33. The van der Waals surface area contributed by atoms with Gasteiger partial charge >= 0.3 is 6.03 Å². The molecule has 0 aliphatic heterocycles. The Morgan fingerprint density at radius 3 is 2.84 bits per heavy atom. The van der Waals surface area contributed by atoms with Crippen LogP contribution < -0.4 is 10.6 Å². The van der Waals surface area contributed by atoms with E-state index in [1.807, 2.05) is 29.0 Å². The van der Waals surface area contributed by atoms with E-state index >= 15 is 0 Å². The highest BCUT2D eigenvalue weighted by Gasteiger charge is 2.19. The van der Waals surface area contributed by atoms with Crippen LogP contribution in [0.5, 0.6) is 0 Å². The SMILES string of the molecule is CCn1c(SCC(=O)NC(=O)NC2CCCC2)nnc1-c1cccs1. The van der Waals surface area contributed by atoms with Gasteiger partial charge in [0, 0.05) is 12.6 Å². The first-order valence-corrected chi connectivity index (χ1v) is 10.2. The zero-order valence-electron chi connectivity index (χ0n) is 14.0. The van der Waals surface area contributed by atoms with Gasteiger partial charge < -0.3 is 9.88 Å². The predicted octanol–water partition coefficient (Wildman–Crippen LogP) is 2.89. The van der Waals surface area contributed by atoms with Gasteiger partial charge in [-0.3, -0.25) is 10.1 Å². The molecule has 0 spiro atoms. The summed E-state index contributed by atoms with van der Waals surface area (Å²) in [7, 11) is 0. The Bertz CT molecular complexity index is 723. The van der Waals surface area contributed by atoms with Crippen LogP contribution in [0.1, 0.15) is 32.6 Å². The van der Waals surface area contributed by atoms with Gasteiger partial charge in [0.15, 0.2) is 11.0 Å². The zero-order chi connectivity index (χ0) is 17.6. The summed E-state index contributed by atoms with van der Waals surface area (Å²) in [5, 5.41) is 16.3. The predicted molar refractivity (Wildman–Crippen MR) is 98.7 cm³/mol. The minimum Gasteiger partial charge on any atom is -0.335 e. The Hall–Kier alpha value is -1.87. The van der Waals surface area contributed by atoms with E-state index in [2.05, 4.69) is 20.8 Å². The second kappa shape index (κ2) is 8.48. The van der Waals surface area contributed by atoms with Crippen LogP contribution in [0.4, 0.5) is 4.79 Å². The molecule has 0 saturated heterocycles. The summed E-state index contributed by atoms with van der Waals surface area (Å²) in [6.45, 7) is 2.73. The molecule has 7 nitrogen and oxygen atoms in total. The lowest BCUT2D eigenvalue weighted by Gasteiger charge is -2.12. The summed E-state index contributed by atoms with van der Waals surface area (Å²) in [5.41, 5.74) is 0. The molecule has 2 N–H and O–H groups in total. The van der Waals surface area contributed by atoms with Crippen LogP contribution in [-0.4, -0.2) is 38.5 Å². The molecule has 3 amide bonds. The van der Waals surface area contributed by atoms with E-state index in [4.69, 9.17) is 0 Å². The fourth-order valence-electron chi connectivity index (χ4n) is 2.85. The molecule has 0 unspecified atom stereocenters. The maximum atomic E-state index is 12.0. The quantitative estimate of drug-likeness (QED) is 0.754. The lowest BCUT2D eigenvalue weighted by Crippen LogP contribution is -2.44. The maximum absolute atomic E-state index is 12.0. The van der Waals surface area contributed by atoms with Crippen LogP contribution in [0.3, 0.4) is 0 Å². The largest absolute Gasteiger partial charge is 0.335 e. The van der Waals surface area contributed by atoms with E-state index in [1.165, 1.54) is 11.8 Å². The van der Waals surface area contributed by atoms with E-state index in [0.717, 1.165) is 36.4 Å². The summed E-state index contributed by atoms with van der Waals surface area (Å²) < 4.78 is 1.97. The number of imide groups is 1. The lowest BCUT2D eigenvalue weighted by atomic mass is 10.2. The van der Waals surface area contributed by atoms with Crippen molar-refractivity contribution in [1.29, 1.82) is 0 Å². The van der Waals surface area contributed by atoms with Crippen LogP contribution in [0.15, 0.2) is 22.7 Å². The Labute approximate surface area is 154 Å². The van der Waals surface area contributed by atoms with Gasteiger partial charge in [0.2, 0.25) is 5.91 Å². The van der Waals surface area contributed by atoms with Gasteiger partial charge in [-0.05, 0) is 31.2 Å². The van der Waals surface area contributed by atoms with Crippen molar-refractivity contribution in [2.75, 3.05) is 5.75 Å². The molecule has 0 radical (unpaired) electrons. The second-order valence-electron chi connectivity index (χ2n) is 5.82. The normalized spacial score (nSPS) is 14.6. The first kappa shape index (κ1) is 17.9. The summed E-state index contributed by atoms with van der Waals surface area (Å²) in [6.07, 6.45) is 4.24. The standard InChI is InChI=1S/C16H21N5O2S2/c1-2-21-14(12-8-5-9-24-12)19-20-16(21)25-10-13(22)18-15(23)17-11-6-3-4-7-11/h5,8-9,11H,2-4,6-7,10H2,1H3,(H2,17,18,22,23). The zero-order valence-corrected chi connectivity index (χ0v) is 15.7. The van der Waals surface area contributed by atoms with Gasteiger partial charge in [0.05, 0.1) is 10.6 Å². The molecule has 1 fully saturated rings. The summed E-state index contributed by atoms with van der Waals surface area (Å²) >= 11 is 2.89.